The number of nitrogen functional groups attached to an aromatic ring is 1. The number of nitrogens with two attached hydrogens (primary N) is 1. The summed E-state index contributed by atoms with van der Waals surface area (Å²) in [5.41, 5.74) is 6.07. The van der Waals surface area contributed by atoms with Gasteiger partial charge >= 0.3 is 6.01 Å². The molecule has 1 saturated heterocycles. The molecule has 0 amide bonds. The van der Waals surface area contributed by atoms with Gasteiger partial charge < -0.3 is 20.3 Å². The third-order valence-corrected chi connectivity index (χ3v) is 3.63. The molecule has 8 nitrogen and oxygen atoms in total. The molecule has 2 aromatic heterocycles. The fraction of sp³-hybridized carbons (Fsp3) is 0.643. The largest absolute Gasteiger partial charge is 0.460 e. The Morgan fingerprint density at radius 1 is 1.61 bits per heavy atom. The number of nitrogens with zero attached hydrogens (tertiary/aromatic N) is 4. The molecule has 0 radical (unpaired) electrons. The van der Waals surface area contributed by atoms with Gasteiger partial charge in [-0.15, -0.1) is 5.10 Å². The van der Waals surface area contributed by atoms with Crippen LogP contribution in [0, 0.1) is 0 Å². The van der Waals surface area contributed by atoms with E-state index in [2.05, 4.69) is 15.1 Å². The van der Waals surface area contributed by atoms with Crippen molar-refractivity contribution in [3.8, 4) is 6.01 Å². The van der Waals surface area contributed by atoms with Gasteiger partial charge in [0.1, 0.15) is 5.52 Å². The maximum atomic E-state index is 8.78. The fourth-order valence-electron chi connectivity index (χ4n) is 1.90. The molecule has 2 unspecified atom stereocenters. The van der Waals surface area contributed by atoms with Crippen LogP contribution in [0.5, 0.6) is 6.01 Å². The van der Waals surface area contributed by atoms with Crippen molar-refractivity contribution in [2.45, 2.75) is 45.3 Å². The molecular weight excluding hydrogens is 322 g/mol. The molecule has 0 aromatic carbocycles. The molecule has 0 saturated carbocycles. The van der Waals surface area contributed by atoms with Crippen molar-refractivity contribution in [1.82, 2.24) is 19.6 Å². The molecular formula is C14H22ClN5O3. The Morgan fingerprint density at radius 2 is 2.39 bits per heavy atom. The summed E-state index contributed by atoms with van der Waals surface area (Å²) in [6.07, 6.45) is 4.17. The topological polar surface area (TPSA) is 108 Å². The van der Waals surface area contributed by atoms with Gasteiger partial charge in [-0.05, 0) is 26.2 Å². The van der Waals surface area contributed by atoms with Gasteiger partial charge in [0.05, 0.1) is 25.0 Å². The number of aromatic nitrogens is 4. The molecule has 9 heteroatoms. The lowest BCUT2D eigenvalue weighted by Crippen LogP contribution is -2.21. The molecule has 1 fully saturated rings. The van der Waals surface area contributed by atoms with Crippen molar-refractivity contribution in [2.24, 2.45) is 0 Å². The number of ether oxygens (including phenoxy) is 2. The average molecular weight is 344 g/mol. The maximum Gasteiger partial charge on any atom is 0.320 e. The normalized spacial score (nSPS) is 19.0. The SMILES string of the molecule is CCC(C)Oc1nc(Cl)c2cnc(N)nn12.OC1CCCOC1. The van der Waals surface area contributed by atoms with E-state index in [0.29, 0.717) is 23.3 Å². The molecule has 3 rings (SSSR count). The van der Waals surface area contributed by atoms with Crippen molar-refractivity contribution in [1.29, 1.82) is 0 Å². The van der Waals surface area contributed by atoms with E-state index in [1.165, 1.54) is 10.7 Å². The number of aliphatic hydroxyl groups excluding tert-OH is 1. The van der Waals surface area contributed by atoms with Crippen molar-refractivity contribution in [2.75, 3.05) is 18.9 Å². The van der Waals surface area contributed by atoms with Gasteiger partial charge in [0, 0.05) is 6.61 Å². The van der Waals surface area contributed by atoms with Crippen LogP contribution in [0.15, 0.2) is 6.20 Å². The molecule has 2 aromatic rings. The third-order valence-electron chi connectivity index (χ3n) is 3.35. The Morgan fingerprint density at radius 3 is 2.96 bits per heavy atom. The minimum absolute atomic E-state index is 0.0397. The Bertz CT molecular complexity index is 630. The summed E-state index contributed by atoms with van der Waals surface area (Å²) in [4.78, 5) is 7.91. The van der Waals surface area contributed by atoms with Gasteiger partial charge in [-0.1, -0.05) is 18.5 Å². The van der Waals surface area contributed by atoms with Crippen molar-refractivity contribution in [3.05, 3.63) is 11.3 Å². The summed E-state index contributed by atoms with van der Waals surface area (Å²) in [5, 5.41) is 13.1. The van der Waals surface area contributed by atoms with Gasteiger partial charge in [-0.3, -0.25) is 0 Å². The molecule has 128 valence electrons. The summed E-state index contributed by atoms with van der Waals surface area (Å²) in [6, 6.07) is 0.337. The average Bonchev–Trinajstić information content (AvgIpc) is 2.84. The van der Waals surface area contributed by atoms with Crippen molar-refractivity contribution in [3.63, 3.8) is 0 Å². The summed E-state index contributed by atoms with van der Waals surface area (Å²) >= 11 is 5.92. The standard InChI is InChI=1S/C9H12ClN5O.C5H10O2/c1-3-5(2)16-9-13-7(10)6-4-12-8(11)14-15(6)9;6-5-2-1-3-7-4-5/h4-5H,3H2,1-2H3,(H2,11,14);5-6H,1-4H2. The smallest absolute Gasteiger partial charge is 0.320 e. The highest BCUT2D eigenvalue weighted by Crippen LogP contribution is 2.22. The molecule has 0 aliphatic carbocycles. The Hall–Kier alpha value is -1.64. The number of aliphatic hydroxyl groups is 1. The highest BCUT2D eigenvalue weighted by atomic mass is 35.5. The zero-order chi connectivity index (χ0) is 16.8. The molecule has 3 N–H and O–H groups in total. The third kappa shape index (κ3) is 4.92. The molecule has 0 bridgehead atoms. The molecule has 23 heavy (non-hydrogen) atoms. The van der Waals surface area contributed by atoms with Gasteiger partial charge in [-0.2, -0.15) is 9.50 Å². The first-order chi connectivity index (χ1) is 11.0. The predicted octanol–water partition coefficient (Wildman–Crippen LogP) is 1.69. The van der Waals surface area contributed by atoms with E-state index in [1.54, 1.807) is 0 Å². The summed E-state index contributed by atoms with van der Waals surface area (Å²) in [5.74, 6) is 0.149. The zero-order valence-corrected chi connectivity index (χ0v) is 14.0. The molecule has 1 aliphatic heterocycles. The Balaban J connectivity index is 0.000000229. The number of hydrogen-bond donors (Lipinski definition) is 2. The number of anilines is 1. The van der Waals surface area contributed by atoms with Crippen LogP contribution < -0.4 is 10.5 Å². The van der Waals surface area contributed by atoms with Crippen LogP contribution in [0.2, 0.25) is 5.15 Å². The highest BCUT2D eigenvalue weighted by molar-refractivity contribution is 6.32. The van der Waals surface area contributed by atoms with Crippen LogP contribution in [0.1, 0.15) is 33.1 Å². The Kier molecular flexibility index (Phi) is 6.37. The fourth-order valence-corrected chi connectivity index (χ4v) is 2.10. The van der Waals surface area contributed by atoms with Crippen LogP contribution in [-0.4, -0.2) is 50.1 Å². The lowest BCUT2D eigenvalue weighted by atomic mass is 10.2. The van der Waals surface area contributed by atoms with E-state index in [0.717, 1.165) is 25.9 Å². The minimum atomic E-state index is -0.186. The van der Waals surface area contributed by atoms with Crippen molar-refractivity contribution >= 4 is 23.1 Å². The first-order valence-corrected chi connectivity index (χ1v) is 7.98. The lowest BCUT2D eigenvalue weighted by molar-refractivity contribution is -0.00535. The van der Waals surface area contributed by atoms with E-state index >= 15 is 0 Å². The van der Waals surface area contributed by atoms with E-state index in [1.807, 2.05) is 13.8 Å². The second-order valence-electron chi connectivity index (χ2n) is 5.31. The quantitative estimate of drug-likeness (QED) is 0.873. The number of rotatable bonds is 3. The van der Waals surface area contributed by atoms with Crippen LogP contribution in [0.4, 0.5) is 5.95 Å². The van der Waals surface area contributed by atoms with Crippen LogP contribution >= 0.6 is 11.6 Å². The summed E-state index contributed by atoms with van der Waals surface area (Å²) in [7, 11) is 0. The highest BCUT2D eigenvalue weighted by Gasteiger charge is 2.14. The first kappa shape index (κ1) is 17.7. The zero-order valence-electron chi connectivity index (χ0n) is 13.3. The van der Waals surface area contributed by atoms with Crippen LogP contribution in [0.3, 0.4) is 0 Å². The van der Waals surface area contributed by atoms with Gasteiger partial charge in [0.2, 0.25) is 5.95 Å². The minimum Gasteiger partial charge on any atom is -0.460 e. The van der Waals surface area contributed by atoms with Crippen LogP contribution in [0.25, 0.3) is 5.52 Å². The second kappa shape index (κ2) is 8.28. The summed E-state index contributed by atoms with van der Waals surface area (Å²) < 4.78 is 12.0. The van der Waals surface area contributed by atoms with E-state index < -0.39 is 0 Å². The van der Waals surface area contributed by atoms with Gasteiger partial charge in [-0.25, -0.2) is 4.98 Å². The molecule has 0 spiro atoms. The molecule has 1 aliphatic rings. The first-order valence-electron chi connectivity index (χ1n) is 7.60. The number of hydrogen-bond acceptors (Lipinski definition) is 7. The molecule has 2 atom stereocenters. The van der Waals surface area contributed by atoms with Crippen molar-refractivity contribution < 1.29 is 14.6 Å². The predicted molar refractivity (Wildman–Crippen MR) is 86.6 cm³/mol. The lowest BCUT2D eigenvalue weighted by Gasteiger charge is -2.15. The number of imidazole rings is 1. The van der Waals surface area contributed by atoms with E-state index in [4.69, 9.17) is 31.9 Å². The van der Waals surface area contributed by atoms with Gasteiger partial charge in [0.25, 0.3) is 0 Å². The van der Waals surface area contributed by atoms with Crippen LogP contribution in [-0.2, 0) is 4.74 Å². The number of halogens is 1. The second-order valence-corrected chi connectivity index (χ2v) is 5.66. The monoisotopic (exact) mass is 343 g/mol. The summed E-state index contributed by atoms with van der Waals surface area (Å²) in [6.45, 7) is 5.34. The molecule has 3 heterocycles. The maximum absolute atomic E-state index is 8.78. The van der Waals surface area contributed by atoms with E-state index in [-0.39, 0.29) is 18.2 Å². The Labute approximate surface area is 139 Å². The van der Waals surface area contributed by atoms with Gasteiger partial charge in [0.15, 0.2) is 5.15 Å². The van der Waals surface area contributed by atoms with E-state index in [9.17, 15) is 0 Å². The number of fused-ring (bicyclic) bond motifs is 1.